The number of pyridine rings is 1. The van der Waals surface area contributed by atoms with E-state index in [0.29, 0.717) is 17.4 Å². The van der Waals surface area contributed by atoms with Crippen molar-refractivity contribution >= 4 is 11.7 Å². The number of aromatic amines is 1. The van der Waals surface area contributed by atoms with Crippen molar-refractivity contribution in [3.05, 3.63) is 54.2 Å². The average molecular weight is 423 g/mol. The van der Waals surface area contributed by atoms with Gasteiger partial charge in [-0.1, -0.05) is 32.0 Å². The number of anilines is 1. The van der Waals surface area contributed by atoms with Crippen LogP contribution in [0.25, 0.3) is 22.6 Å². The van der Waals surface area contributed by atoms with Crippen LogP contribution in [-0.2, 0) is 0 Å². The number of aromatic nitrogens is 3. The Kier molecular flexibility index (Phi) is 7.38. The average Bonchev–Trinajstić information content (AvgIpc) is 3.24. The Morgan fingerprint density at radius 3 is 2.32 bits per heavy atom. The molecule has 31 heavy (non-hydrogen) atoms. The van der Waals surface area contributed by atoms with Crippen LogP contribution >= 0.6 is 0 Å². The van der Waals surface area contributed by atoms with E-state index in [1.807, 2.05) is 19.9 Å². The van der Waals surface area contributed by atoms with Crippen LogP contribution in [-0.4, -0.2) is 70.4 Å². The van der Waals surface area contributed by atoms with Gasteiger partial charge in [0.05, 0.1) is 11.4 Å². The highest BCUT2D eigenvalue weighted by Crippen LogP contribution is 2.25. The molecule has 4 rings (SSSR count). The predicted molar refractivity (Wildman–Crippen MR) is 123 cm³/mol. The van der Waals surface area contributed by atoms with Crippen LogP contribution in [0, 0.1) is 0 Å². The summed E-state index contributed by atoms with van der Waals surface area (Å²) in [6, 6.07) is 15.5. The summed E-state index contributed by atoms with van der Waals surface area (Å²) in [5.74, 6) is -1.05. The van der Waals surface area contributed by atoms with Crippen LogP contribution in [0.2, 0.25) is 0 Å². The second-order valence-electron chi connectivity index (χ2n) is 7.96. The number of likely N-dealkylation sites (N-methyl/N-ethyl adjacent to an activating group) is 1. The van der Waals surface area contributed by atoms with Crippen molar-refractivity contribution < 1.29 is 9.90 Å². The third-order valence-electron chi connectivity index (χ3n) is 4.86. The summed E-state index contributed by atoms with van der Waals surface area (Å²) in [5, 5.41) is 16.4. The fourth-order valence-electron chi connectivity index (χ4n) is 3.21. The van der Waals surface area contributed by atoms with Gasteiger partial charge >= 0.3 is 5.97 Å². The second kappa shape index (κ2) is 10.2. The molecule has 164 valence electrons. The zero-order valence-electron chi connectivity index (χ0n) is 18.2. The summed E-state index contributed by atoms with van der Waals surface area (Å²) in [5.41, 5.74) is 9.40. The van der Waals surface area contributed by atoms with Crippen LogP contribution in [0.4, 0.5) is 5.69 Å². The van der Waals surface area contributed by atoms with E-state index in [1.54, 1.807) is 12.1 Å². The van der Waals surface area contributed by atoms with Crippen LogP contribution < -0.4 is 10.6 Å². The minimum Gasteiger partial charge on any atom is -0.477 e. The molecule has 8 heteroatoms. The first-order valence-electron chi connectivity index (χ1n) is 10.4. The zero-order valence-corrected chi connectivity index (χ0v) is 18.2. The van der Waals surface area contributed by atoms with Crippen LogP contribution in [0.5, 0.6) is 0 Å². The molecule has 3 aromatic rings. The summed E-state index contributed by atoms with van der Waals surface area (Å²) in [4.78, 5) is 20.0. The van der Waals surface area contributed by atoms with Gasteiger partial charge in [0.15, 0.2) is 0 Å². The third kappa shape index (κ3) is 6.13. The molecular formula is C23H30N6O2. The van der Waals surface area contributed by atoms with Crippen molar-refractivity contribution in [2.45, 2.75) is 19.9 Å². The standard InChI is InChI=1S/C20H21N5O2.C3H9N/c1-24-9-11-25(12-10-24)15-7-5-14(6-8-15)18-13-19(23-22-18)16-3-2-4-17(21-16)20(26)27;1-3(2)4/h2-8,13H,9-12H2,1H3,(H,22,23)(H,26,27);3H,4H2,1-2H3. The number of carboxylic acids is 1. The number of hydrogen-bond donors (Lipinski definition) is 3. The molecule has 2 aromatic heterocycles. The molecule has 1 aliphatic heterocycles. The van der Waals surface area contributed by atoms with Gasteiger partial charge in [0.1, 0.15) is 11.4 Å². The van der Waals surface area contributed by atoms with E-state index in [-0.39, 0.29) is 5.69 Å². The van der Waals surface area contributed by atoms with Crippen LogP contribution in [0.15, 0.2) is 48.5 Å². The Morgan fingerprint density at radius 2 is 1.71 bits per heavy atom. The van der Waals surface area contributed by atoms with Gasteiger partial charge in [-0.05, 0) is 49.0 Å². The molecule has 0 atom stereocenters. The highest BCUT2D eigenvalue weighted by molar-refractivity contribution is 5.86. The minimum atomic E-state index is -1.05. The fraction of sp³-hybridized carbons (Fsp3) is 0.348. The normalized spacial score (nSPS) is 14.3. The van der Waals surface area contributed by atoms with E-state index in [0.717, 1.165) is 37.4 Å². The SMILES string of the molecule is CC(C)N.CN1CCN(c2ccc(-c3cc(-c4cccc(C(=O)O)n4)n[nH]3)cc2)CC1. The highest BCUT2D eigenvalue weighted by Gasteiger charge is 2.15. The van der Waals surface area contributed by atoms with E-state index in [4.69, 9.17) is 10.8 Å². The Hall–Kier alpha value is -3.23. The number of H-pyrrole nitrogens is 1. The van der Waals surface area contributed by atoms with Crippen molar-refractivity contribution in [3.8, 4) is 22.6 Å². The topological polar surface area (TPSA) is 111 Å². The van der Waals surface area contributed by atoms with Gasteiger partial charge in [-0.15, -0.1) is 0 Å². The molecule has 8 nitrogen and oxygen atoms in total. The highest BCUT2D eigenvalue weighted by atomic mass is 16.4. The largest absolute Gasteiger partial charge is 0.477 e. The molecule has 0 amide bonds. The van der Waals surface area contributed by atoms with Crippen LogP contribution in [0.1, 0.15) is 24.3 Å². The van der Waals surface area contributed by atoms with Gasteiger partial charge < -0.3 is 20.6 Å². The first kappa shape index (κ1) is 22.5. The lowest BCUT2D eigenvalue weighted by Gasteiger charge is -2.34. The summed E-state index contributed by atoms with van der Waals surface area (Å²) in [6.07, 6.45) is 0. The number of piperazine rings is 1. The first-order chi connectivity index (χ1) is 14.8. The van der Waals surface area contributed by atoms with Crippen molar-refractivity contribution in [1.29, 1.82) is 0 Å². The number of nitrogens with one attached hydrogen (secondary N) is 1. The number of nitrogens with zero attached hydrogens (tertiary/aromatic N) is 4. The maximum Gasteiger partial charge on any atom is 0.354 e. The molecular weight excluding hydrogens is 392 g/mol. The van der Waals surface area contributed by atoms with Gasteiger partial charge in [-0.3, -0.25) is 5.10 Å². The van der Waals surface area contributed by atoms with Gasteiger partial charge in [0.25, 0.3) is 0 Å². The number of carbonyl (C=O) groups is 1. The van der Waals surface area contributed by atoms with Gasteiger partial charge in [0, 0.05) is 31.9 Å². The second-order valence-corrected chi connectivity index (χ2v) is 7.96. The Morgan fingerprint density at radius 1 is 1.06 bits per heavy atom. The first-order valence-corrected chi connectivity index (χ1v) is 10.4. The molecule has 0 spiro atoms. The monoisotopic (exact) mass is 422 g/mol. The molecule has 0 radical (unpaired) electrons. The Labute approximate surface area is 182 Å². The number of hydrogen-bond acceptors (Lipinski definition) is 6. The molecule has 1 fully saturated rings. The van der Waals surface area contributed by atoms with Crippen LogP contribution in [0.3, 0.4) is 0 Å². The smallest absolute Gasteiger partial charge is 0.354 e. The third-order valence-corrected chi connectivity index (χ3v) is 4.86. The molecule has 4 N–H and O–H groups in total. The van der Waals surface area contributed by atoms with E-state index in [1.165, 1.54) is 11.8 Å². The molecule has 1 aliphatic rings. The Bertz CT molecular complexity index is 989. The summed E-state index contributed by atoms with van der Waals surface area (Å²) in [7, 11) is 2.15. The number of rotatable bonds is 4. The minimum absolute atomic E-state index is 0.00794. The van der Waals surface area contributed by atoms with E-state index in [2.05, 4.69) is 56.3 Å². The van der Waals surface area contributed by atoms with Crippen molar-refractivity contribution in [3.63, 3.8) is 0 Å². The zero-order chi connectivity index (χ0) is 22.4. The lowest BCUT2D eigenvalue weighted by Crippen LogP contribution is -2.44. The van der Waals surface area contributed by atoms with Crippen molar-refractivity contribution in [1.82, 2.24) is 20.1 Å². The molecule has 0 saturated carbocycles. The van der Waals surface area contributed by atoms with Crippen molar-refractivity contribution in [2.24, 2.45) is 5.73 Å². The number of aromatic carboxylic acids is 1. The summed E-state index contributed by atoms with van der Waals surface area (Å²) < 4.78 is 0. The molecule has 0 unspecified atom stereocenters. The molecule has 1 saturated heterocycles. The van der Waals surface area contributed by atoms with Gasteiger partial charge in [0.2, 0.25) is 0 Å². The molecule has 0 bridgehead atoms. The van der Waals surface area contributed by atoms with Gasteiger partial charge in [-0.25, -0.2) is 9.78 Å². The lowest BCUT2D eigenvalue weighted by atomic mass is 10.1. The van der Waals surface area contributed by atoms with E-state index < -0.39 is 5.97 Å². The Balaban J connectivity index is 0.000000628. The number of nitrogens with two attached hydrogens (primary N) is 1. The molecule has 1 aromatic carbocycles. The molecule has 3 heterocycles. The number of carboxylic acid groups (broad SMARTS) is 1. The predicted octanol–water partition coefficient (Wildman–Crippen LogP) is 2.94. The molecule has 0 aliphatic carbocycles. The fourth-order valence-corrected chi connectivity index (χ4v) is 3.21. The van der Waals surface area contributed by atoms with Gasteiger partial charge in [-0.2, -0.15) is 5.10 Å². The number of benzene rings is 1. The van der Waals surface area contributed by atoms with Crippen molar-refractivity contribution in [2.75, 3.05) is 38.1 Å². The van der Waals surface area contributed by atoms with E-state index >= 15 is 0 Å². The maximum atomic E-state index is 11.1. The quantitative estimate of drug-likeness (QED) is 0.593. The summed E-state index contributed by atoms with van der Waals surface area (Å²) in [6.45, 7) is 8.12. The summed E-state index contributed by atoms with van der Waals surface area (Å²) >= 11 is 0. The lowest BCUT2D eigenvalue weighted by molar-refractivity contribution is 0.0690. The van der Waals surface area contributed by atoms with E-state index in [9.17, 15) is 4.79 Å². The maximum absolute atomic E-state index is 11.1.